The first-order valence-corrected chi connectivity index (χ1v) is 6.00. The summed E-state index contributed by atoms with van der Waals surface area (Å²) in [5.41, 5.74) is 3.63. The van der Waals surface area contributed by atoms with Gasteiger partial charge in [0.25, 0.3) is 0 Å². The zero-order valence-corrected chi connectivity index (χ0v) is 10.6. The molecule has 5 heteroatoms. The van der Waals surface area contributed by atoms with E-state index < -0.39 is 11.9 Å². The number of anilines is 1. The van der Waals surface area contributed by atoms with Gasteiger partial charge in [-0.1, -0.05) is 18.2 Å². The predicted octanol–water partition coefficient (Wildman–Crippen LogP) is 1.54. The summed E-state index contributed by atoms with van der Waals surface area (Å²) in [5.74, 6) is -0.617. The van der Waals surface area contributed by atoms with Crippen molar-refractivity contribution in [1.82, 2.24) is 0 Å². The summed E-state index contributed by atoms with van der Waals surface area (Å²) in [4.78, 5) is 5.45. The van der Waals surface area contributed by atoms with Gasteiger partial charge in [-0.3, -0.25) is 10.3 Å². The number of rotatable bonds is 5. The Morgan fingerprint density at radius 3 is 2.72 bits per heavy atom. The van der Waals surface area contributed by atoms with Gasteiger partial charge in [-0.25, -0.2) is 0 Å². The lowest BCUT2D eigenvalue weighted by atomic mass is 10.2. The molecule has 0 radical (unpaired) electrons. The molecule has 5 nitrogen and oxygen atoms in total. The lowest BCUT2D eigenvalue weighted by molar-refractivity contribution is -0.157. The molecule has 0 aliphatic carbocycles. The van der Waals surface area contributed by atoms with Gasteiger partial charge in [0.15, 0.2) is 5.79 Å². The van der Waals surface area contributed by atoms with Crippen LogP contribution in [-0.4, -0.2) is 36.3 Å². The van der Waals surface area contributed by atoms with Gasteiger partial charge in [-0.15, -0.1) is 0 Å². The molecule has 1 aliphatic rings. The van der Waals surface area contributed by atoms with Gasteiger partial charge in [0.05, 0.1) is 18.9 Å². The maximum atomic E-state index is 9.33. The zero-order valence-electron chi connectivity index (χ0n) is 10.6. The highest BCUT2D eigenvalue weighted by atomic mass is 16.8. The van der Waals surface area contributed by atoms with Crippen LogP contribution in [0.25, 0.3) is 0 Å². The Morgan fingerprint density at radius 2 is 2.17 bits per heavy atom. The number of para-hydroxylation sites is 1. The Balaban J connectivity index is 1.87. The molecule has 18 heavy (non-hydrogen) atoms. The SMILES string of the molecule is CC1(C)OC[C@H]([C@H](CO)ONc2ccccc2)O1. The summed E-state index contributed by atoms with van der Waals surface area (Å²) in [7, 11) is 0. The maximum absolute atomic E-state index is 9.33. The van der Waals surface area contributed by atoms with Gasteiger partial charge in [0.1, 0.15) is 12.2 Å². The van der Waals surface area contributed by atoms with Crippen LogP contribution >= 0.6 is 0 Å². The van der Waals surface area contributed by atoms with Crippen molar-refractivity contribution in [2.75, 3.05) is 18.7 Å². The first kappa shape index (κ1) is 13.3. The minimum atomic E-state index is -0.617. The number of ether oxygens (including phenoxy) is 2. The van der Waals surface area contributed by atoms with Crippen molar-refractivity contribution in [2.24, 2.45) is 0 Å². The molecule has 0 saturated carbocycles. The van der Waals surface area contributed by atoms with E-state index in [2.05, 4.69) is 5.48 Å². The van der Waals surface area contributed by atoms with Crippen LogP contribution in [0.15, 0.2) is 30.3 Å². The molecule has 0 spiro atoms. The number of aliphatic hydroxyl groups is 1. The molecule has 1 aromatic carbocycles. The van der Waals surface area contributed by atoms with Crippen LogP contribution in [0.4, 0.5) is 5.69 Å². The highest BCUT2D eigenvalue weighted by molar-refractivity contribution is 5.40. The van der Waals surface area contributed by atoms with Crippen LogP contribution < -0.4 is 5.48 Å². The molecule has 2 N–H and O–H groups in total. The van der Waals surface area contributed by atoms with Gasteiger partial charge in [-0.2, -0.15) is 0 Å². The van der Waals surface area contributed by atoms with E-state index in [0.29, 0.717) is 6.61 Å². The topological polar surface area (TPSA) is 60.0 Å². The van der Waals surface area contributed by atoms with Gasteiger partial charge >= 0.3 is 0 Å². The number of hydrogen-bond acceptors (Lipinski definition) is 5. The molecule has 0 aromatic heterocycles. The van der Waals surface area contributed by atoms with E-state index in [9.17, 15) is 5.11 Å². The number of benzene rings is 1. The van der Waals surface area contributed by atoms with Crippen molar-refractivity contribution in [3.8, 4) is 0 Å². The Hall–Kier alpha value is -1.14. The van der Waals surface area contributed by atoms with Crippen molar-refractivity contribution in [2.45, 2.75) is 31.8 Å². The predicted molar refractivity (Wildman–Crippen MR) is 66.9 cm³/mol. The van der Waals surface area contributed by atoms with Gasteiger partial charge < -0.3 is 14.6 Å². The minimum absolute atomic E-state index is 0.135. The van der Waals surface area contributed by atoms with E-state index in [0.717, 1.165) is 5.69 Å². The molecule has 1 heterocycles. The highest BCUT2D eigenvalue weighted by Gasteiger charge is 2.38. The summed E-state index contributed by atoms with van der Waals surface area (Å²) in [6, 6.07) is 9.48. The lowest BCUT2D eigenvalue weighted by Crippen LogP contribution is -2.37. The Morgan fingerprint density at radius 1 is 1.44 bits per heavy atom. The van der Waals surface area contributed by atoms with Crippen LogP contribution in [0.3, 0.4) is 0 Å². The Bertz CT molecular complexity index is 369. The number of hydrogen-bond donors (Lipinski definition) is 2. The van der Waals surface area contributed by atoms with Gasteiger partial charge in [-0.05, 0) is 26.0 Å². The van der Waals surface area contributed by atoms with Crippen molar-refractivity contribution < 1.29 is 19.4 Å². The second-order valence-corrected chi connectivity index (χ2v) is 4.67. The summed E-state index contributed by atoms with van der Waals surface area (Å²) in [5, 5.41) is 9.33. The minimum Gasteiger partial charge on any atom is -0.393 e. The van der Waals surface area contributed by atoms with E-state index >= 15 is 0 Å². The molecule has 1 aliphatic heterocycles. The summed E-state index contributed by atoms with van der Waals surface area (Å²) < 4.78 is 11.1. The van der Waals surface area contributed by atoms with E-state index in [1.165, 1.54) is 0 Å². The van der Waals surface area contributed by atoms with Crippen LogP contribution in [0.1, 0.15) is 13.8 Å². The van der Waals surface area contributed by atoms with E-state index in [1.807, 2.05) is 44.2 Å². The van der Waals surface area contributed by atoms with Crippen molar-refractivity contribution in [3.63, 3.8) is 0 Å². The van der Waals surface area contributed by atoms with E-state index in [4.69, 9.17) is 14.3 Å². The molecule has 0 amide bonds. The van der Waals surface area contributed by atoms with Crippen molar-refractivity contribution in [1.29, 1.82) is 0 Å². The Kier molecular flexibility index (Phi) is 4.19. The third-order valence-electron chi connectivity index (χ3n) is 2.73. The molecular formula is C13H19NO4. The molecule has 1 saturated heterocycles. The molecule has 1 fully saturated rings. The smallest absolute Gasteiger partial charge is 0.163 e. The van der Waals surface area contributed by atoms with Crippen LogP contribution in [-0.2, 0) is 14.3 Å². The van der Waals surface area contributed by atoms with Gasteiger partial charge in [0.2, 0.25) is 0 Å². The fraction of sp³-hybridized carbons (Fsp3) is 0.538. The molecule has 1 aromatic rings. The molecule has 0 unspecified atom stereocenters. The maximum Gasteiger partial charge on any atom is 0.163 e. The Labute approximate surface area is 107 Å². The monoisotopic (exact) mass is 253 g/mol. The van der Waals surface area contributed by atoms with Gasteiger partial charge in [0, 0.05) is 0 Å². The average Bonchev–Trinajstić information content (AvgIpc) is 2.72. The fourth-order valence-corrected chi connectivity index (χ4v) is 1.78. The summed E-state index contributed by atoms with van der Waals surface area (Å²) in [6.07, 6.45) is -0.742. The second-order valence-electron chi connectivity index (χ2n) is 4.67. The molecule has 0 bridgehead atoms. The highest BCUT2D eigenvalue weighted by Crippen LogP contribution is 2.25. The third kappa shape index (κ3) is 3.43. The van der Waals surface area contributed by atoms with E-state index in [1.54, 1.807) is 0 Å². The molecule has 2 atom stereocenters. The van der Waals surface area contributed by atoms with Crippen LogP contribution in [0.2, 0.25) is 0 Å². The first-order valence-electron chi connectivity index (χ1n) is 6.00. The number of aliphatic hydroxyl groups excluding tert-OH is 1. The normalized spacial score (nSPS) is 23.8. The van der Waals surface area contributed by atoms with Crippen LogP contribution in [0.5, 0.6) is 0 Å². The first-order chi connectivity index (χ1) is 8.61. The zero-order chi connectivity index (χ0) is 13.0. The van der Waals surface area contributed by atoms with Crippen molar-refractivity contribution >= 4 is 5.69 Å². The van der Waals surface area contributed by atoms with E-state index in [-0.39, 0.29) is 12.7 Å². The fourth-order valence-electron chi connectivity index (χ4n) is 1.78. The number of nitrogens with one attached hydrogen (secondary N) is 1. The standard InChI is InChI=1S/C13H19NO4/c1-13(2)16-9-12(17-13)11(8-15)18-14-10-6-4-3-5-7-10/h3-7,11-12,14-15H,8-9H2,1-2H3/t11-,12+/m0/s1. The quantitative estimate of drug-likeness (QED) is 0.779. The van der Waals surface area contributed by atoms with Crippen LogP contribution in [0, 0.1) is 0 Å². The third-order valence-corrected chi connectivity index (χ3v) is 2.73. The lowest BCUT2D eigenvalue weighted by Gasteiger charge is -2.23. The average molecular weight is 253 g/mol. The second kappa shape index (κ2) is 5.67. The largest absolute Gasteiger partial charge is 0.393 e. The summed E-state index contributed by atoms with van der Waals surface area (Å²) in [6.45, 7) is 3.96. The summed E-state index contributed by atoms with van der Waals surface area (Å²) >= 11 is 0. The van der Waals surface area contributed by atoms with Crippen molar-refractivity contribution in [3.05, 3.63) is 30.3 Å². The molecular weight excluding hydrogens is 234 g/mol. The molecule has 100 valence electrons. The molecule has 2 rings (SSSR count).